The lowest BCUT2D eigenvalue weighted by Crippen LogP contribution is -2.52. The number of aromatic nitrogens is 2. The van der Waals surface area contributed by atoms with Crippen LogP contribution < -0.4 is 10.1 Å². The molecule has 0 spiro atoms. The SMILES string of the molecule is O=C1c2cc(F)cc(F)c2OC1C(=O)N1CCCC[C@H]1CNc1cnc2cc(F)c(F)cc2n1. The van der Waals surface area contributed by atoms with Gasteiger partial charge in [-0.05, 0) is 25.3 Å². The minimum absolute atomic E-state index is 0.164. The molecular weight excluding hydrogens is 456 g/mol. The summed E-state index contributed by atoms with van der Waals surface area (Å²) in [6, 6.07) is 3.01. The van der Waals surface area contributed by atoms with Gasteiger partial charge in [-0.25, -0.2) is 22.5 Å². The summed E-state index contributed by atoms with van der Waals surface area (Å²) >= 11 is 0. The van der Waals surface area contributed by atoms with Crippen LogP contribution in [0.4, 0.5) is 23.4 Å². The van der Waals surface area contributed by atoms with Crippen molar-refractivity contribution in [2.45, 2.75) is 31.4 Å². The number of amides is 1. The van der Waals surface area contributed by atoms with E-state index in [2.05, 4.69) is 15.3 Å². The molecule has 1 amide bonds. The monoisotopic (exact) mass is 474 g/mol. The smallest absolute Gasteiger partial charge is 0.272 e. The highest BCUT2D eigenvalue weighted by Crippen LogP contribution is 2.34. The zero-order chi connectivity index (χ0) is 24.0. The zero-order valence-corrected chi connectivity index (χ0v) is 17.7. The number of fused-ring (bicyclic) bond motifs is 2. The van der Waals surface area contributed by atoms with E-state index in [0.717, 1.165) is 24.6 Å². The van der Waals surface area contributed by atoms with Gasteiger partial charge in [0.15, 0.2) is 23.2 Å². The number of benzene rings is 2. The molecule has 11 heteroatoms. The van der Waals surface area contributed by atoms with E-state index in [0.29, 0.717) is 31.3 Å². The third-order valence-corrected chi connectivity index (χ3v) is 5.99. The summed E-state index contributed by atoms with van der Waals surface area (Å²) < 4.78 is 59.8. The van der Waals surface area contributed by atoms with Gasteiger partial charge in [0.25, 0.3) is 5.91 Å². The maximum atomic E-state index is 14.0. The van der Waals surface area contributed by atoms with Crippen LogP contribution in [0.3, 0.4) is 0 Å². The van der Waals surface area contributed by atoms with Crippen molar-refractivity contribution in [3.05, 3.63) is 59.3 Å². The van der Waals surface area contributed by atoms with Crippen LogP contribution >= 0.6 is 0 Å². The molecule has 3 heterocycles. The summed E-state index contributed by atoms with van der Waals surface area (Å²) in [5, 5.41) is 3.04. The summed E-state index contributed by atoms with van der Waals surface area (Å²) in [6.45, 7) is 0.603. The molecule has 3 aromatic rings. The molecule has 1 N–H and O–H groups in total. The summed E-state index contributed by atoms with van der Waals surface area (Å²) in [5.41, 5.74) is 0.0640. The Morgan fingerprint density at radius 2 is 1.82 bits per heavy atom. The third kappa shape index (κ3) is 3.91. The Labute approximate surface area is 190 Å². The van der Waals surface area contributed by atoms with Crippen molar-refractivity contribution in [3.63, 3.8) is 0 Å². The summed E-state index contributed by atoms with van der Waals surface area (Å²) in [6.07, 6.45) is 1.96. The quantitative estimate of drug-likeness (QED) is 0.459. The van der Waals surface area contributed by atoms with E-state index < -0.39 is 46.8 Å². The number of nitrogens with zero attached hydrogens (tertiary/aromatic N) is 3. The van der Waals surface area contributed by atoms with Crippen LogP contribution in [0.15, 0.2) is 30.5 Å². The van der Waals surface area contributed by atoms with Crippen molar-refractivity contribution >= 4 is 28.5 Å². The van der Waals surface area contributed by atoms with E-state index in [1.54, 1.807) is 0 Å². The van der Waals surface area contributed by atoms with Crippen LogP contribution in [0.1, 0.15) is 29.6 Å². The first-order valence-electron chi connectivity index (χ1n) is 10.7. The number of halogens is 4. The van der Waals surface area contributed by atoms with Crippen LogP contribution in [-0.4, -0.2) is 51.8 Å². The number of anilines is 1. The van der Waals surface area contributed by atoms with Crippen molar-refractivity contribution in [3.8, 4) is 5.75 Å². The van der Waals surface area contributed by atoms with Crippen LogP contribution in [0.5, 0.6) is 5.75 Å². The lowest BCUT2D eigenvalue weighted by Gasteiger charge is -2.36. The number of hydrogen-bond donors (Lipinski definition) is 1. The fourth-order valence-electron chi connectivity index (χ4n) is 4.31. The number of nitrogens with one attached hydrogen (secondary N) is 1. The molecule has 2 atom stereocenters. The molecule has 1 saturated heterocycles. The second kappa shape index (κ2) is 8.54. The van der Waals surface area contributed by atoms with E-state index in [9.17, 15) is 27.2 Å². The van der Waals surface area contributed by atoms with E-state index in [4.69, 9.17) is 4.74 Å². The Morgan fingerprint density at radius 1 is 1.06 bits per heavy atom. The number of piperidine rings is 1. The minimum Gasteiger partial charge on any atom is -0.468 e. The van der Waals surface area contributed by atoms with Crippen LogP contribution in [0, 0.1) is 23.3 Å². The van der Waals surface area contributed by atoms with Gasteiger partial charge in [0, 0.05) is 37.3 Å². The molecule has 176 valence electrons. The molecule has 2 aromatic carbocycles. The Morgan fingerprint density at radius 3 is 2.62 bits per heavy atom. The Bertz CT molecular complexity index is 1320. The molecule has 2 aliphatic heterocycles. The van der Waals surface area contributed by atoms with Gasteiger partial charge in [0.1, 0.15) is 11.6 Å². The van der Waals surface area contributed by atoms with E-state index >= 15 is 0 Å². The molecule has 0 aliphatic carbocycles. The van der Waals surface area contributed by atoms with Gasteiger partial charge >= 0.3 is 0 Å². The molecule has 0 saturated carbocycles. The molecule has 1 unspecified atom stereocenters. The van der Waals surface area contributed by atoms with Crippen molar-refractivity contribution in [2.75, 3.05) is 18.4 Å². The van der Waals surface area contributed by atoms with Gasteiger partial charge < -0.3 is 15.0 Å². The minimum atomic E-state index is -1.58. The zero-order valence-electron chi connectivity index (χ0n) is 17.7. The largest absolute Gasteiger partial charge is 0.468 e. The molecular formula is C23H18F4N4O3. The molecule has 1 aromatic heterocycles. The van der Waals surface area contributed by atoms with E-state index in [1.165, 1.54) is 11.1 Å². The first kappa shape index (κ1) is 22.1. The average Bonchev–Trinajstić information content (AvgIpc) is 3.15. The molecule has 2 aliphatic rings. The number of ether oxygens (including phenoxy) is 1. The molecule has 5 rings (SSSR count). The predicted molar refractivity (Wildman–Crippen MR) is 112 cm³/mol. The number of ketones is 1. The second-order valence-electron chi connectivity index (χ2n) is 8.20. The highest BCUT2D eigenvalue weighted by atomic mass is 19.2. The fourth-order valence-corrected chi connectivity index (χ4v) is 4.31. The van der Waals surface area contributed by atoms with Crippen LogP contribution in [-0.2, 0) is 4.79 Å². The van der Waals surface area contributed by atoms with E-state index in [1.807, 2.05) is 0 Å². The second-order valence-corrected chi connectivity index (χ2v) is 8.20. The maximum absolute atomic E-state index is 14.0. The van der Waals surface area contributed by atoms with Crippen LogP contribution in [0.25, 0.3) is 11.0 Å². The van der Waals surface area contributed by atoms with Gasteiger partial charge in [0.05, 0.1) is 22.8 Å². The number of carbonyl (C=O) groups excluding carboxylic acids is 2. The van der Waals surface area contributed by atoms with Crippen molar-refractivity contribution in [1.82, 2.24) is 14.9 Å². The average molecular weight is 474 g/mol. The predicted octanol–water partition coefficient (Wildman–Crippen LogP) is 3.62. The van der Waals surface area contributed by atoms with Gasteiger partial charge in [-0.1, -0.05) is 0 Å². The van der Waals surface area contributed by atoms with E-state index in [-0.39, 0.29) is 29.2 Å². The Balaban J connectivity index is 1.31. The lowest BCUT2D eigenvalue weighted by molar-refractivity contribution is -0.139. The van der Waals surface area contributed by atoms with Crippen molar-refractivity contribution in [1.29, 1.82) is 0 Å². The van der Waals surface area contributed by atoms with Crippen molar-refractivity contribution in [2.24, 2.45) is 0 Å². The number of Topliss-reactive ketones (excluding diaryl/α,β-unsaturated/α-hetero) is 1. The number of carbonyl (C=O) groups is 2. The Kier molecular flexibility index (Phi) is 5.54. The van der Waals surface area contributed by atoms with Gasteiger partial charge in [-0.3, -0.25) is 14.6 Å². The molecule has 1 fully saturated rings. The molecule has 0 radical (unpaired) electrons. The number of hydrogen-bond acceptors (Lipinski definition) is 6. The first-order valence-corrected chi connectivity index (χ1v) is 10.7. The number of rotatable bonds is 4. The standard InChI is InChI=1S/C23H18F4N4O3/c24-11-5-13-20(32)22(34-21(13)16(27)6-11)23(33)31-4-2-1-3-12(31)9-29-19-10-28-17-7-14(25)15(26)8-18(17)30-19/h5-8,10,12,22H,1-4,9H2,(H,29,30)/t12-,22?/m0/s1. The normalized spacial score (nSPS) is 19.8. The summed E-state index contributed by atoms with van der Waals surface area (Å²) in [7, 11) is 0. The number of likely N-dealkylation sites (tertiary alicyclic amines) is 1. The highest BCUT2D eigenvalue weighted by molar-refractivity contribution is 6.16. The maximum Gasteiger partial charge on any atom is 0.272 e. The first-order chi connectivity index (χ1) is 16.3. The third-order valence-electron chi connectivity index (χ3n) is 5.99. The fraction of sp³-hybridized carbons (Fsp3) is 0.304. The highest BCUT2D eigenvalue weighted by Gasteiger charge is 2.44. The lowest BCUT2D eigenvalue weighted by atomic mass is 10.00. The summed E-state index contributed by atoms with van der Waals surface area (Å²) in [5.74, 6) is -5.57. The van der Waals surface area contributed by atoms with Gasteiger partial charge in [-0.2, -0.15) is 0 Å². The van der Waals surface area contributed by atoms with Gasteiger partial charge in [-0.15, -0.1) is 0 Å². The molecule has 7 nitrogen and oxygen atoms in total. The van der Waals surface area contributed by atoms with Gasteiger partial charge in [0.2, 0.25) is 11.9 Å². The molecule has 34 heavy (non-hydrogen) atoms. The topological polar surface area (TPSA) is 84.4 Å². The molecule has 0 bridgehead atoms. The van der Waals surface area contributed by atoms with Crippen LogP contribution in [0.2, 0.25) is 0 Å². The summed E-state index contributed by atoms with van der Waals surface area (Å²) in [4.78, 5) is 35.6. The Hall–Kier alpha value is -3.76. The van der Waals surface area contributed by atoms with Crippen molar-refractivity contribution < 1.29 is 31.9 Å².